The fraction of sp³-hybridized carbons (Fsp3) is 0.619. The summed E-state index contributed by atoms with van der Waals surface area (Å²) in [6.45, 7) is 7.81. The van der Waals surface area contributed by atoms with Crippen molar-refractivity contribution in [3.05, 3.63) is 24.5 Å². The van der Waals surface area contributed by atoms with Gasteiger partial charge in [0, 0.05) is 70.8 Å². The minimum absolute atomic E-state index is 0.675. The Bertz CT molecular complexity index is 739. The molecular weight excluding hydrogens is 378 g/mol. The number of hydrogen-bond acceptors (Lipinski definition) is 9. The number of aromatic nitrogens is 4. The third-order valence-corrected chi connectivity index (χ3v) is 5.66. The molecule has 30 heavy (non-hydrogen) atoms. The summed E-state index contributed by atoms with van der Waals surface area (Å²) < 4.78 is 0. The topological polar surface area (TPSA) is 85.3 Å². The van der Waals surface area contributed by atoms with E-state index in [4.69, 9.17) is 9.97 Å². The van der Waals surface area contributed by atoms with Crippen LogP contribution < -0.4 is 20.4 Å². The largest absolute Gasteiger partial charge is 0.369 e. The molecule has 2 N–H and O–H groups in total. The molecule has 162 valence electrons. The van der Waals surface area contributed by atoms with Gasteiger partial charge in [-0.15, -0.1) is 0 Å². The highest BCUT2D eigenvalue weighted by atomic mass is 15.3. The van der Waals surface area contributed by atoms with Crippen LogP contribution in [0.4, 0.5) is 23.5 Å². The van der Waals surface area contributed by atoms with Crippen LogP contribution in [0, 0.1) is 0 Å². The van der Waals surface area contributed by atoms with Gasteiger partial charge in [0.1, 0.15) is 11.6 Å². The molecule has 2 aliphatic rings. The zero-order valence-corrected chi connectivity index (χ0v) is 17.9. The molecule has 0 radical (unpaired) electrons. The molecule has 9 heteroatoms. The summed E-state index contributed by atoms with van der Waals surface area (Å²) in [6, 6.07) is 3.93. The number of likely N-dealkylation sites (N-methyl/N-ethyl adjacent to an activating group) is 1. The van der Waals surface area contributed by atoms with Crippen molar-refractivity contribution in [3.63, 3.8) is 0 Å². The summed E-state index contributed by atoms with van der Waals surface area (Å²) in [5.41, 5.74) is 0. The first-order chi connectivity index (χ1) is 14.8. The predicted molar refractivity (Wildman–Crippen MR) is 121 cm³/mol. The summed E-state index contributed by atoms with van der Waals surface area (Å²) in [5.74, 6) is 3.54. The van der Waals surface area contributed by atoms with E-state index >= 15 is 0 Å². The predicted octanol–water partition coefficient (Wildman–Crippen LogP) is 1.92. The second kappa shape index (κ2) is 10.4. The average Bonchev–Trinajstić information content (AvgIpc) is 3.49. The van der Waals surface area contributed by atoms with E-state index in [9.17, 15) is 0 Å². The first-order valence-electron chi connectivity index (χ1n) is 11.1. The Hall–Kier alpha value is -2.68. The van der Waals surface area contributed by atoms with Gasteiger partial charge < -0.3 is 25.3 Å². The van der Waals surface area contributed by atoms with Crippen molar-refractivity contribution in [2.75, 3.05) is 79.8 Å². The van der Waals surface area contributed by atoms with Crippen molar-refractivity contribution in [1.82, 2.24) is 24.8 Å². The van der Waals surface area contributed by atoms with Crippen LogP contribution in [0.1, 0.15) is 25.7 Å². The van der Waals surface area contributed by atoms with Crippen LogP contribution >= 0.6 is 0 Å². The molecule has 4 heterocycles. The fourth-order valence-electron chi connectivity index (χ4n) is 3.91. The Labute approximate surface area is 178 Å². The summed E-state index contributed by atoms with van der Waals surface area (Å²) in [6.07, 6.45) is 8.45. The second-order valence-electron chi connectivity index (χ2n) is 8.03. The Balaban J connectivity index is 1.28. The summed E-state index contributed by atoms with van der Waals surface area (Å²) in [5, 5.41) is 6.77. The molecular formula is C21H33N9. The van der Waals surface area contributed by atoms with Gasteiger partial charge in [-0.3, -0.25) is 0 Å². The molecule has 2 aliphatic heterocycles. The lowest BCUT2D eigenvalue weighted by molar-refractivity contribution is 0.360. The maximum absolute atomic E-state index is 4.88. The van der Waals surface area contributed by atoms with Crippen LogP contribution in [0.2, 0.25) is 0 Å². The Kier molecular flexibility index (Phi) is 7.12. The Morgan fingerprint density at radius 1 is 0.867 bits per heavy atom. The second-order valence-corrected chi connectivity index (χ2v) is 8.03. The van der Waals surface area contributed by atoms with Gasteiger partial charge >= 0.3 is 0 Å². The molecule has 2 fully saturated rings. The molecule has 0 aromatic carbocycles. The van der Waals surface area contributed by atoms with Crippen LogP contribution in [-0.2, 0) is 0 Å². The molecule has 4 rings (SSSR count). The zero-order chi connectivity index (χ0) is 20.6. The molecule has 0 bridgehead atoms. The lowest BCUT2D eigenvalue weighted by Gasteiger charge is -2.22. The Morgan fingerprint density at radius 2 is 1.50 bits per heavy atom. The number of nitrogens with zero attached hydrogens (tertiary/aromatic N) is 7. The van der Waals surface area contributed by atoms with E-state index < -0.39 is 0 Å². The van der Waals surface area contributed by atoms with Gasteiger partial charge in [-0.2, -0.15) is 9.97 Å². The van der Waals surface area contributed by atoms with Crippen molar-refractivity contribution in [3.8, 4) is 0 Å². The highest BCUT2D eigenvalue weighted by Crippen LogP contribution is 2.25. The average molecular weight is 412 g/mol. The van der Waals surface area contributed by atoms with Crippen LogP contribution in [0.5, 0.6) is 0 Å². The van der Waals surface area contributed by atoms with E-state index in [2.05, 4.69) is 48.4 Å². The van der Waals surface area contributed by atoms with Crippen molar-refractivity contribution in [2.24, 2.45) is 0 Å². The summed E-state index contributed by atoms with van der Waals surface area (Å²) >= 11 is 0. The number of anilines is 4. The van der Waals surface area contributed by atoms with Gasteiger partial charge in [0.15, 0.2) is 0 Å². The molecule has 0 saturated carbocycles. The van der Waals surface area contributed by atoms with Crippen molar-refractivity contribution >= 4 is 23.5 Å². The smallest absolute Gasteiger partial charge is 0.229 e. The maximum Gasteiger partial charge on any atom is 0.229 e. The zero-order valence-electron chi connectivity index (χ0n) is 17.9. The molecule has 0 aliphatic carbocycles. The van der Waals surface area contributed by atoms with E-state index in [0.717, 1.165) is 69.9 Å². The maximum atomic E-state index is 4.88. The third-order valence-electron chi connectivity index (χ3n) is 5.66. The highest BCUT2D eigenvalue weighted by Gasteiger charge is 2.20. The van der Waals surface area contributed by atoms with Gasteiger partial charge in [-0.25, -0.2) is 9.97 Å². The van der Waals surface area contributed by atoms with E-state index in [1.165, 1.54) is 25.7 Å². The quantitative estimate of drug-likeness (QED) is 0.609. The van der Waals surface area contributed by atoms with Crippen LogP contribution in [-0.4, -0.2) is 84.2 Å². The van der Waals surface area contributed by atoms with E-state index in [0.29, 0.717) is 5.95 Å². The molecule has 2 aromatic heterocycles. The first-order valence-corrected chi connectivity index (χ1v) is 11.1. The van der Waals surface area contributed by atoms with Gasteiger partial charge in [-0.05, 0) is 38.8 Å². The van der Waals surface area contributed by atoms with Gasteiger partial charge in [0.2, 0.25) is 11.9 Å². The third kappa shape index (κ3) is 5.69. The SMILES string of the molecule is CN(CCNc1cc(N2CCCC2)nc(N2CCCC2)n1)CCNc1ncccn1. The van der Waals surface area contributed by atoms with Crippen molar-refractivity contribution < 1.29 is 0 Å². The number of hydrogen-bond donors (Lipinski definition) is 2. The fourth-order valence-corrected chi connectivity index (χ4v) is 3.91. The molecule has 2 saturated heterocycles. The first kappa shape index (κ1) is 20.6. The molecule has 0 amide bonds. The standard InChI is InChI=1S/C21H33N9/c1-28(16-10-25-20-23-7-6-8-24-20)15-9-22-18-17-19(29-11-2-3-12-29)27-21(26-18)30-13-4-5-14-30/h6-8,17H,2-5,9-16H2,1H3,(H,22,26,27)(H,23,24,25). The molecule has 0 unspecified atom stereocenters. The van der Waals surface area contributed by atoms with Crippen molar-refractivity contribution in [2.45, 2.75) is 25.7 Å². The molecule has 0 spiro atoms. The molecule has 0 atom stereocenters. The van der Waals surface area contributed by atoms with Gasteiger partial charge in [0.25, 0.3) is 0 Å². The van der Waals surface area contributed by atoms with Crippen molar-refractivity contribution in [1.29, 1.82) is 0 Å². The van der Waals surface area contributed by atoms with E-state index in [1.54, 1.807) is 12.4 Å². The normalized spacial score (nSPS) is 16.5. The van der Waals surface area contributed by atoms with E-state index in [-0.39, 0.29) is 0 Å². The minimum atomic E-state index is 0.675. The number of nitrogens with one attached hydrogen (secondary N) is 2. The molecule has 2 aromatic rings. The van der Waals surface area contributed by atoms with Crippen LogP contribution in [0.15, 0.2) is 24.5 Å². The van der Waals surface area contributed by atoms with Gasteiger partial charge in [-0.1, -0.05) is 0 Å². The number of rotatable bonds is 10. The van der Waals surface area contributed by atoms with E-state index in [1.807, 2.05) is 6.07 Å². The summed E-state index contributed by atoms with van der Waals surface area (Å²) in [4.78, 5) is 25.0. The van der Waals surface area contributed by atoms with Crippen LogP contribution in [0.3, 0.4) is 0 Å². The van der Waals surface area contributed by atoms with Crippen LogP contribution in [0.25, 0.3) is 0 Å². The summed E-state index contributed by atoms with van der Waals surface area (Å²) in [7, 11) is 2.13. The lowest BCUT2D eigenvalue weighted by atomic mass is 10.4. The Morgan fingerprint density at radius 3 is 2.20 bits per heavy atom. The minimum Gasteiger partial charge on any atom is -0.369 e. The monoisotopic (exact) mass is 411 g/mol. The lowest BCUT2D eigenvalue weighted by Crippen LogP contribution is -2.30. The highest BCUT2D eigenvalue weighted by molar-refractivity contribution is 5.55. The molecule has 9 nitrogen and oxygen atoms in total. The van der Waals surface area contributed by atoms with Gasteiger partial charge in [0.05, 0.1) is 0 Å².